The summed E-state index contributed by atoms with van der Waals surface area (Å²) in [6.45, 7) is 3.58. The van der Waals surface area contributed by atoms with Crippen LogP contribution in [0.2, 0.25) is 0 Å². The first-order chi connectivity index (χ1) is 12.2. The highest BCUT2D eigenvalue weighted by Gasteiger charge is 2.68. The van der Waals surface area contributed by atoms with Crippen molar-refractivity contribution in [2.75, 3.05) is 6.61 Å². The van der Waals surface area contributed by atoms with Crippen LogP contribution in [0, 0.1) is 28.6 Å². The first kappa shape index (κ1) is 18.3. The Bertz CT molecular complexity index is 684. The van der Waals surface area contributed by atoms with Crippen LogP contribution in [0.4, 0.5) is 0 Å². The van der Waals surface area contributed by atoms with Crippen molar-refractivity contribution in [2.45, 2.75) is 70.5 Å². The van der Waals surface area contributed by atoms with Gasteiger partial charge in [-0.2, -0.15) is 0 Å². The molecule has 0 aromatic rings. The number of hydrogen-bond donors (Lipinski definition) is 3. The highest BCUT2D eigenvalue weighted by Crippen LogP contribution is 2.66. The van der Waals surface area contributed by atoms with Crippen molar-refractivity contribution in [1.29, 1.82) is 0 Å². The Labute approximate surface area is 154 Å². The molecule has 0 radical (unpaired) electrons. The van der Waals surface area contributed by atoms with Crippen molar-refractivity contribution in [3.63, 3.8) is 0 Å². The highest BCUT2D eigenvalue weighted by molar-refractivity contribution is 5.93. The van der Waals surface area contributed by atoms with Crippen molar-refractivity contribution in [2.24, 2.45) is 28.6 Å². The molecule has 4 rings (SSSR count). The molecule has 0 heterocycles. The molecule has 0 aromatic carbocycles. The summed E-state index contributed by atoms with van der Waals surface area (Å²) in [6.07, 6.45) is 4.93. The lowest BCUT2D eigenvalue weighted by molar-refractivity contribution is -0.187. The Kier molecular flexibility index (Phi) is 4.04. The molecule has 4 aliphatic carbocycles. The monoisotopic (exact) mass is 362 g/mol. The van der Waals surface area contributed by atoms with Gasteiger partial charge < -0.3 is 15.3 Å². The molecule has 0 saturated heterocycles. The fraction of sp³-hybridized carbons (Fsp3) is 0.810. The summed E-state index contributed by atoms with van der Waals surface area (Å²) in [5.41, 5.74) is -1.22. The van der Waals surface area contributed by atoms with Crippen LogP contribution in [0.15, 0.2) is 11.6 Å². The van der Waals surface area contributed by atoms with Crippen molar-refractivity contribution in [3.8, 4) is 0 Å². The lowest BCUT2D eigenvalue weighted by Gasteiger charge is -2.58. The number of hydrogen-bond acceptors (Lipinski definition) is 5. The smallest absolute Gasteiger partial charge is 0.155 e. The molecule has 3 N–H and O–H groups in total. The number of carbonyl (C=O) groups is 2. The number of allylic oxidation sites excluding steroid dienone is 1. The van der Waals surface area contributed by atoms with Gasteiger partial charge in [-0.05, 0) is 55.4 Å². The number of fused-ring (bicyclic) bond motifs is 5. The van der Waals surface area contributed by atoms with Gasteiger partial charge in [-0.3, -0.25) is 9.59 Å². The lowest BCUT2D eigenvalue weighted by Crippen LogP contribution is -2.62. The second-order valence-electron chi connectivity index (χ2n) is 9.56. The number of carbonyl (C=O) groups excluding carboxylic acids is 2. The molecule has 0 amide bonds. The summed E-state index contributed by atoms with van der Waals surface area (Å²) >= 11 is 0. The van der Waals surface area contributed by atoms with Gasteiger partial charge >= 0.3 is 0 Å². The standard InChI is InChI=1S/C21H30O5/c1-19-7-5-13(23)9-12(19)3-4-14-15-6-8-21(26,17(25)11-22)20(15,2)10-16(24)18(14)19/h9,14-15,17-18,22,25-26H,3-8,10-11H2,1-2H3/t14-,15-,17+,18-,19+,20-,21-/m0/s1. The van der Waals surface area contributed by atoms with Gasteiger partial charge in [-0.15, -0.1) is 0 Å². The van der Waals surface area contributed by atoms with E-state index in [0.29, 0.717) is 12.8 Å². The third-order valence-electron chi connectivity index (χ3n) is 8.59. The zero-order chi connectivity index (χ0) is 18.9. The zero-order valence-corrected chi connectivity index (χ0v) is 15.7. The maximum absolute atomic E-state index is 13.3. The predicted octanol–water partition coefficient (Wildman–Crippen LogP) is 1.78. The van der Waals surface area contributed by atoms with Crippen LogP contribution in [0.1, 0.15) is 58.8 Å². The molecule has 0 unspecified atom stereocenters. The van der Waals surface area contributed by atoms with E-state index < -0.39 is 23.7 Å². The third kappa shape index (κ3) is 2.14. The summed E-state index contributed by atoms with van der Waals surface area (Å²) in [6, 6.07) is 0. The average molecular weight is 362 g/mol. The van der Waals surface area contributed by atoms with E-state index in [0.717, 1.165) is 31.3 Å². The van der Waals surface area contributed by atoms with Crippen LogP contribution in [0.3, 0.4) is 0 Å². The van der Waals surface area contributed by atoms with Crippen LogP contribution in [0.25, 0.3) is 0 Å². The van der Waals surface area contributed by atoms with E-state index in [-0.39, 0.29) is 41.2 Å². The van der Waals surface area contributed by atoms with Gasteiger partial charge in [0, 0.05) is 24.2 Å². The molecule has 3 saturated carbocycles. The van der Waals surface area contributed by atoms with Crippen LogP contribution < -0.4 is 0 Å². The van der Waals surface area contributed by atoms with E-state index in [4.69, 9.17) is 0 Å². The number of rotatable bonds is 2. The molecule has 26 heavy (non-hydrogen) atoms. The summed E-state index contributed by atoms with van der Waals surface area (Å²) in [5.74, 6) is 0.568. The molecule has 5 nitrogen and oxygen atoms in total. The Morgan fingerprint density at radius 3 is 2.62 bits per heavy atom. The van der Waals surface area contributed by atoms with Crippen molar-refractivity contribution in [3.05, 3.63) is 11.6 Å². The van der Waals surface area contributed by atoms with E-state index in [2.05, 4.69) is 6.92 Å². The van der Waals surface area contributed by atoms with E-state index in [9.17, 15) is 24.9 Å². The van der Waals surface area contributed by atoms with E-state index in [1.807, 2.05) is 6.92 Å². The highest BCUT2D eigenvalue weighted by atomic mass is 16.4. The Morgan fingerprint density at radius 2 is 1.92 bits per heavy atom. The van der Waals surface area contributed by atoms with Gasteiger partial charge in [0.25, 0.3) is 0 Å². The lowest BCUT2D eigenvalue weighted by atomic mass is 9.45. The van der Waals surface area contributed by atoms with Crippen molar-refractivity contribution < 1.29 is 24.9 Å². The van der Waals surface area contributed by atoms with Crippen molar-refractivity contribution in [1.82, 2.24) is 0 Å². The third-order valence-corrected chi connectivity index (χ3v) is 8.59. The SMILES string of the molecule is C[C@]12CC(=O)[C@@H]3[C@@H](CCC4=CC(=O)CC[C@]43C)[C@@H]1CC[C@]2(O)[C@H](O)CO. The Morgan fingerprint density at radius 1 is 1.19 bits per heavy atom. The van der Waals surface area contributed by atoms with Crippen LogP contribution in [-0.2, 0) is 9.59 Å². The van der Waals surface area contributed by atoms with Gasteiger partial charge in [0.15, 0.2) is 5.78 Å². The molecular formula is C21H30O5. The summed E-state index contributed by atoms with van der Waals surface area (Å²) in [4.78, 5) is 25.2. The van der Waals surface area contributed by atoms with Gasteiger partial charge in [0.1, 0.15) is 11.9 Å². The predicted molar refractivity (Wildman–Crippen MR) is 95.1 cm³/mol. The van der Waals surface area contributed by atoms with Crippen LogP contribution >= 0.6 is 0 Å². The second kappa shape index (κ2) is 5.73. The Balaban J connectivity index is 1.74. The normalized spacial score (nSPS) is 49.1. The number of ketones is 2. The minimum Gasteiger partial charge on any atom is -0.394 e. The van der Waals surface area contributed by atoms with Gasteiger partial charge in [0.2, 0.25) is 0 Å². The van der Waals surface area contributed by atoms with E-state index in [1.54, 1.807) is 6.08 Å². The maximum Gasteiger partial charge on any atom is 0.155 e. The molecule has 0 aromatic heterocycles. The fourth-order valence-corrected chi connectivity index (χ4v) is 7.12. The molecule has 0 aliphatic heterocycles. The Hall–Kier alpha value is -1.04. The minimum atomic E-state index is -1.41. The largest absolute Gasteiger partial charge is 0.394 e. The summed E-state index contributed by atoms with van der Waals surface area (Å²) in [7, 11) is 0. The zero-order valence-electron chi connectivity index (χ0n) is 15.7. The summed E-state index contributed by atoms with van der Waals surface area (Å²) in [5, 5.41) is 31.0. The topological polar surface area (TPSA) is 94.8 Å². The molecule has 5 heteroatoms. The molecule has 0 spiro atoms. The van der Waals surface area contributed by atoms with E-state index in [1.165, 1.54) is 0 Å². The first-order valence-corrected chi connectivity index (χ1v) is 9.95. The van der Waals surface area contributed by atoms with Crippen LogP contribution in [-0.4, -0.2) is 45.2 Å². The quantitative estimate of drug-likeness (QED) is 0.696. The molecule has 144 valence electrons. The van der Waals surface area contributed by atoms with E-state index >= 15 is 0 Å². The first-order valence-electron chi connectivity index (χ1n) is 9.95. The molecule has 7 atom stereocenters. The maximum atomic E-state index is 13.3. The average Bonchev–Trinajstić information content (AvgIpc) is 2.86. The molecule has 3 fully saturated rings. The second-order valence-corrected chi connectivity index (χ2v) is 9.56. The fourth-order valence-electron chi connectivity index (χ4n) is 7.12. The van der Waals surface area contributed by atoms with Gasteiger partial charge in [-0.1, -0.05) is 19.4 Å². The number of aliphatic hydroxyl groups is 3. The van der Waals surface area contributed by atoms with Gasteiger partial charge in [-0.25, -0.2) is 0 Å². The minimum absolute atomic E-state index is 0.0951. The summed E-state index contributed by atoms with van der Waals surface area (Å²) < 4.78 is 0. The van der Waals surface area contributed by atoms with Crippen LogP contribution in [0.5, 0.6) is 0 Å². The number of Topliss-reactive ketones (excluding diaryl/α,β-unsaturated/α-hetero) is 1. The molecular weight excluding hydrogens is 332 g/mol. The van der Waals surface area contributed by atoms with Crippen molar-refractivity contribution >= 4 is 11.6 Å². The van der Waals surface area contributed by atoms with Gasteiger partial charge in [0.05, 0.1) is 12.2 Å². The molecule has 0 bridgehead atoms. The molecule has 4 aliphatic rings. The number of aliphatic hydroxyl groups excluding tert-OH is 2.